The molecule has 2 aliphatic carbocycles. The predicted octanol–water partition coefficient (Wildman–Crippen LogP) is 3.00. The van der Waals surface area contributed by atoms with Crippen LogP contribution in [0.2, 0.25) is 0 Å². The monoisotopic (exact) mass is 483 g/mol. The van der Waals surface area contributed by atoms with Gasteiger partial charge in [0.15, 0.2) is 0 Å². The molecule has 3 fully saturated rings. The zero-order valence-corrected chi connectivity index (χ0v) is 20.2. The number of nitrogens with one attached hydrogen (secondary N) is 2. The van der Waals surface area contributed by atoms with Gasteiger partial charge < -0.3 is 10.3 Å². The molecule has 0 spiro atoms. The number of anilines is 1. The molecule has 2 N–H and O–H groups in total. The summed E-state index contributed by atoms with van der Waals surface area (Å²) in [5, 5.41) is 3.93. The lowest BCUT2D eigenvalue weighted by atomic mass is 9.64. The first-order valence-corrected chi connectivity index (χ1v) is 13.0. The number of carbonyl (C=O) groups excluding carboxylic acids is 3. The molecule has 2 bridgehead atoms. The Bertz CT molecular complexity index is 1260. The van der Waals surface area contributed by atoms with Crippen LogP contribution in [0.25, 0.3) is 0 Å². The molecule has 0 unspecified atom stereocenters. The summed E-state index contributed by atoms with van der Waals surface area (Å²) in [5.41, 5.74) is 1.44. The second-order valence-electron chi connectivity index (χ2n) is 10.3. The summed E-state index contributed by atoms with van der Waals surface area (Å²) in [6.45, 7) is 6.02. The number of imide groups is 1. The van der Waals surface area contributed by atoms with Gasteiger partial charge in [-0.05, 0) is 48.8 Å². The van der Waals surface area contributed by atoms with Crippen LogP contribution in [-0.2, 0) is 19.8 Å². The standard InChI is InChI=1S/C24H25N3O4S2/c1-10-5-4-6-11(7-10)25-14(28)9-27-21(29)15-12-8-13(16(15)22(27)30)18-17(12)24(2,3)19-20(32-18)26-23(31)33-19/h4-7,12-13,15-18H,8-9H2,1-3H3,(H,25,28)(H,26,31)/t12-,13-,15+,16-,17+,18+/m0/s1. The van der Waals surface area contributed by atoms with Crippen LogP contribution in [0.4, 0.5) is 5.69 Å². The maximum atomic E-state index is 13.4. The molecule has 2 aliphatic heterocycles. The first-order chi connectivity index (χ1) is 15.7. The Kier molecular flexibility index (Phi) is 4.52. The third kappa shape index (κ3) is 2.94. The Labute approximate surface area is 199 Å². The molecule has 7 nitrogen and oxygen atoms in total. The fraction of sp³-hybridized carbons (Fsp3) is 0.500. The average Bonchev–Trinajstić information content (AvgIpc) is 3.46. The number of thioether (sulfide) groups is 1. The third-order valence-electron chi connectivity index (χ3n) is 8.09. The number of benzene rings is 1. The number of hydrogen-bond acceptors (Lipinski definition) is 6. The molecule has 172 valence electrons. The molecule has 2 saturated carbocycles. The highest BCUT2D eigenvalue weighted by molar-refractivity contribution is 8.00. The summed E-state index contributed by atoms with van der Waals surface area (Å²) < 4.78 is 0. The maximum Gasteiger partial charge on any atom is 0.305 e. The summed E-state index contributed by atoms with van der Waals surface area (Å²) in [7, 11) is 0. The van der Waals surface area contributed by atoms with Crippen LogP contribution < -0.4 is 10.2 Å². The minimum atomic E-state index is -0.360. The van der Waals surface area contributed by atoms with E-state index in [9.17, 15) is 19.2 Å². The van der Waals surface area contributed by atoms with Gasteiger partial charge in [-0.2, -0.15) is 0 Å². The Balaban J connectivity index is 1.26. The second kappa shape index (κ2) is 7.06. The molecule has 9 heteroatoms. The van der Waals surface area contributed by atoms with Crippen LogP contribution >= 0.6 is 23.1 Å². The highest BCUT2D eigenvalue weighted by Crippen LogP contribution is 2.68. The molecular formula is C24H25N3O4S2. The van der Waals surface area contributed by atoms with Crippen LogP contribution in [0, 0.1) is 36.5 Å². The van der Waals surface area contributed by atoms with E-state index < -0.39 is 0 Å². The molecule has 0 radical (unpaired) electrons. The van der Waals surface area contributed by atoms with Crippen LogP contribution in [0.1, 0.15) is 30.7 Å². The lowest BCUT2D eigenvalue weighted by Crippen LogP contribution is -2.48. The number of fused-ring (bicyclic) bond motifs is 9. The summed E-state index contributed by atoms with van der Waals surface area (Å²) >= 11 is 2.94. The van der Waals surface area contributed by atoms with Crippen molar-refractivity contribution in [3.05, 3.63) is 44.4 Å². The Morgan fingerprint density at radius 2 is 1.91 bits per heavy atom. The number of carbonyl (C=O) groups is 3. The van der Waals surface area contributed by atoms with E-state index in [-0.39, 0.29) is 69.4 Å². The van der Waals surface area contributed by atoms with Gasteiger partial charge in [0, 0.05) is 21.2 Å². The first-order valence-electron chi connectivity index (χ1n) is 11.3. The number of amides is 3. The number of hydrogen-bond donors (Lipinski definition) is 2. The largest absolute Gasteiger partial charge is 0.325 e. The lowest BCUT2D eigenvalue weighted by molar-refractivity contribution is -0.143. The van der Waals surface area contributed by atoms with Gasteiger partial charge in [-0.3, -0.25) is 24.1 Å². The van der Waals surface area contributed by atoms with E-state index in [2.05, 4.69) is 24.1 Å². The van der Waals surface area contributed by atoms with Crippen LogP contribution in [0.15, 0.2) is 34.1 Å². The van der Waals surface area contributed by atoms with Crippen molar-refractivity contribution in [2.75, 3.05) is 11.9 Å². The SMILES string of the molecule is Cc1cccc(NC(=O)CN2C(=O)[C@@H]3[C@@H]4C[C@H]([C@H]5Sc6[nH]c(=O)sc6C(C)(C)[C@H]45)[C@@H]3C2=O)c1. The van der Waals surface area contributed by atoms with E-state index in [1.165, 1.54) is 16.2 Å². The fourth-order valence-electron chi connectivity index (χ4n) is 6.94. The minimum Gasteiger partial charge on any atom is -0.325 e. The van der Waals surface area contributed by atoms with Crippen molar-refractivity contribution in [1.82, 2.24) is 9.88 Å². The van der Waals surface area contributed by atoms with Gasteiger partial charge in [-0.15, -0.1) is 11.8 Å². The van der Waals surface area contributed by atoms with E-state index >= 15 is 0 Å². The maximum absolute atomic E-state index is 13.4. The van der Waals surface area contributed by atoms with Crippen molar-refractivity contribution < 1.29 is 14.4 Å². The summed E-state index contributed by atoms with van der Waals surface area (Å²) in [5.74, 6) is -1.07. The summed E-state index contributed by atoms with van der Waals surface area (Å²) in [6, 6.07) is 7.44. The normalized spacial score (nSPS) is 33.1. The van der Waals surface area contributed by atoms with Gasteiger partial charge in [-0.25, -0.2) is 0 Å². The van der Waals surface area contributed by atoms with E-state index in [0.717, 1.165) is 21.9 Å². The number of thiazole rings is 1. The van der Waals surface area contributed by atoms with Gasteiger partial charge in [0.2, 0.25) is 17.7 Å². The van der Waals surface area contributed by atoms with Crippen molar-refractivity contribution in [2.24, 2.45) is 29.6 Å². The van der Waals surface area contributed by atoms with E-state index in [0.29, 0.717) is 5.69 Å². The summed E-state index contributed by atoms with van der Waals surface area (Å²) in [4.78, 5) is 56.7. The number of nitrogens with zero attached hydrogens (tertiary/aromatic N) is 1. The lowest BCUT2D eigenvalue weighted by Gasteiger charge is -2.47. The number of rotatable bonds is 3. The smallest absolute Gasteiger partial charge is 0.305 e. The topological polar surface area (TPSA) is 99.3 Å². The van der Waals surface area contributed by atoms with Crippen molar-refractivity contribution in [1.29, 1.82) is 0 Å². The number of aromatic nitrogens is 1. The van der Waals surface area contributed by atoms with Gasteiger partial charge >= 0.3 is 4.87 Å². The zero-order chi connectivity index (χ0) is 23.2. The predicted molar refractivity (Wildman–Crippen MR) is 126 cm³/mol. The van der Waals surface area contributed by atoms with E-state index in [1.54, 1.807) is 17.8 Å². The number of likely N-dealkylation sites (tertiary alicyclic amines) is 1. The van der Waals surface area contributed by atoms with Crippen LogP contribution in [0.5, 0.6) is 0 Å². The average molecular weight is 484 g/mol. The molecule has 1 aromatic heterocycles. The van der Waals surface area contributed by atoms with Gasteiger partial charge in [0.05, 0.1) is 16.9 Å². The number of aryl methyl sites for hydroxylation is 1. The van der Waals surface area contributed by atoms with E-state index in [1.807, 2.05) is 25.1 Å². The summed E-state index contributed by atoms with van der Waals surface area (Å²) in [6.07, 6.45) is 0.862. The van der Waals surface area contributed by atoms with Crippen molar-refractivity contribution in [3.8, 4) is 0 Å². The molecule has 6 atom stereocenters. The Hall–Kier alpha value is -2.39. The third-order valence-corrected chi connectivity index (χ3v) is 10.9. The molecule has 1 saturated heterocycles. The van der Waals surface area contributed by atoms with Gasteiger partial charge in [-0.1, -0.05) is 37.3 Å². The van der Waals surface area contributed by atoms with Gasteiger partial charge in [0.25, 0.3) is 0 Å². The molecule has 1 aromatic carbocycles. The number of H-pyrrole nitrogens is 1. The second-order valence-corrected chi connectivity index (χ2v) is 12.5. The van der Waals surface area contributed by atoms with Crippen LogP contribution in [-0.4, -0.2) is 39.4 Å². The molecule has 3 amide bonds. The molecule has 6 rings (SSSR count). The van der Waals surface area contributed by atoms with Crippen molar-refractivity contribution in [2.45, 2.75) is 42.9 Å². The molecular weight excluding hydrogens is 458 g/mol. The van der Waals surface area contributed by atoms with Crippen molar-refractivity contribution in [3.63, 3.8) is 0 Å². The Morgan fingerprint density at radius 1 is 1.18 bits per heavy atom. The minimum absolute atomic E-state index is 0.0500. The van der Waals surface area contributed by atoms with Crippen molar-refractivity contribution >= 4 is 46.5 Å². The highest BCUT2D eigenvalue weighted by atomic mass is 32.2. The Morgan fingerprint density at radius 3 is 2.64 bits per heavy atom. The molecule has 33 heavy (non-hydrogen) atoms. The van der Waals surface area contributed by atoms with Gasteiger partial charge in [0.1, 0.15) is 6.54 Å². The first kappa shape index (κ1) is 21.2. The molecule has 4 aliphatic rings. The zero-order valence-electron chi connectivity index (χ0n) is 18.6. The molecule has 3 heterocycles. The van der Waals surface area contributed by atoms with E-state index in [4.69, 9.17) is 0 Å². The number of aromatic amines is 1. The van der Waals surface area contributed by atoms with Crippen LogP contribution in [0.3, 0.4) is 0 Å². The molecule has 2 aromatic rings. The quantitative estimate of drug-likeness (QED) is 0.654. The fourth-order valence-corrected chi connectivity index (χ4v) is 10.1. The highest BCUT2D eigenvalue weighted by Gasteiger charge is 2.70.